The van der Waals surface area contributed by atoms with Crippen LogP contribution in [0.2, 0.25) is 5.02 Å². The molecular weight excluding hydrogens is 240 g/mol. The largest absolute Gasteiger partial charge is 0.316 e. The van der Waals surface area contributed by atoms with Crippen molar-refractivity contribution in [3.05, 3.63) is 28.2 Å². The quantitative estimate of drug-likeness (QED) is 0.901. The fourth-order valence-corrected chi connectivity index (χ4v) is 2.74. The monoisotopic (exact) mass is 254 g/mol. The number of fused-ring (bicyclic) bond motifs is 1. The van der Waals surface area contributed by atoms with E-state index in [9.17, 15) is 0 Å². The van der Waals surface area contributed by atoms with Gasteiger partial charge in [0.1, 0.15) is 0 Å². The number of nitrogens with zero attached hydrogens (tertiary/aromatic N) is 1. The molecule has 16 heavy (non-hydrogen) atoms. The van der Waals surface area contributed by atoms with Crippen LogP contribution >= 0.6 is 22.9 Å². The van der Waals surface area contributed by atoms with Crippen molar-refractivity contribution in [2.75, 3.05) is 13.1 Å². The SMILES string of the molecule is CCNCC(C)c1nc2cc(Cl)ccc2s1. The first-order valence-corrected chi connectivity index (χ1v) is 6.67. The molecule has 4 heteroatoms. The maximum absolute atomic E-state index is 5.94. The Kier molecular flexibility index (Phi) is 3.79. The zero-order valence-corrected chi connectivity index (χ0v) is 11.0. The van der Waals surface area contributed by atoms with Crippen LogP contribution in [0.15, 0.2) is 18.2 Å². The molecule has 0 amide bonds. The summed E-state index contributed by atoms with van der Waals surface area (Å²) in [5.41, 5.74) is 1.01. The van der Waals surface area contributed by atoms with Crippen LogP contribution in [0.5, 0.6) is 0 Å². The molecule has 2 rings (SSSR count). The van der Waals surface area contributed by atoms with Gasteiger partial charge in [-0.25, -0.2) is 4.98 Å². The lowest BCUT2D eigenvalue weighted by Gasteiger charge is -2.07. The number of aromatic nitrogens is 1. The highest BCUT2D eigenvalue weighted by atomic mass is 35.5. The van der Waals surface area contributed by atoms with Crippen molar-refractivity contribution in [3.8, 4) is 0 Å². The van der Waals surface area contributed by atoms with Gasteiger partial charge in [0, 0.05) is 17.5 Å². The van der Waals surface area contributed by atoms with Gasteiger partial charge in [0.05, 0.1) is 15.2 Å². The highest BCUT2D eigenvalue weighted by Gasteiger charge is 2.11. The first-order chi connectivity index (χ1) is 7.70. The van der Waals surface area contributed by atoms with E-state index in [0.29, 0.717) is 5.92 Å². The van der Waals surface area contributed by atoms with Gasteiger partial charge in [-0.05, 0) is 24.7 Å². The highest BCUT2D eigenvalue weighted by Crippen LogP contribution is 2.28. The molecule has 86 valence electrons. The molecule has 2 aromatic rings. The number of thiazole rings is 1. The van der Waals surface area contributed by atoms with Gasteiger partial charge in [-0.2, -0.15) is 0 Å². The van der Waals surface area contributed by atoms with Crippen molar-refractivity contribution in [1.82, 2.24) is 10.3 Å². The summed E-state index contributed by atoms with van der Waals surface area (Å²) in [5, 5.41) is 5.28. The molecule has 1 atom stereocenters. The van der Waals surface area contributed by atoms with Crippen molar-refractivity contribution in [2.45, 2.75) is 19.8 Å². The van der Waals surface area contributed by atoms with Crippen molar-refractivity contribution >= 4 is 33.2 Å². The molecule has 0 aliphatic rings. The van der Waals surface area contributed by atoms with Crippen LogP contribution in [0, 0.1) is 0 Å². The van der Waals surface area contributed by atoms with Gasteiger partial charge in [-0.15, -0.1) is 11.3 Å². The molecule has 0 saturated heterocycles. The second kappa shape index (κ2) is 5.13. The van der Waals surface area contributed by atoms with E-state index in [1.165, 1.54) is 9.71 Å². The summed E-state index contributed by atoms with van der Waals surface area (Å²) in [5.74, 6) is 0.455. The number of likely N-dealkylation sites (N-methyl/N-ethyl adjacent to an activating group) is 1. The highest BCUT2D eigenvalue weighted by molar-refractivity contribution is 7.18. The lowest BCUT2D eigenvalue weighted by Crippen LogP contribution is -2.19. The molecule has 0 radical (unpaired) electrons. The van der Waals surface area contributed by atoms with Crippen LogP contribution in [-0.2, 0) is 0 Å². The number of hydrogen-bond donors (Lipinski definition) is 1. The first-order valence-electron chi connectivity index (χ1n) is 5.47. The number of nitrogens with one attached hydrogen (secondary N) is 1. The fourth-order valence-electron chi connectivity index (χ4n) is 1.58. The third-order valence-corrected chi connectivity index (χ3v) is 3.99. The third kappa shape index (κ3) is 2.54. The second-order valence-electron chi connectivity index (χ2n) is 3.87. The standard InChI is InChI=1S/C12H15ClN2S/c1-3-14-7-8(2)12-15-10-6-9(13)4-5-11(10)16-12/h4-6,8,14H,3,7H2,1-2H3. The topological polar surface area (TPSA) is 24.9 Å². The summed E-state index contributed by atoms with van der Waals surface area (Å²) in [7, 11) is 0. The molecule has 1 N–H and O–H groups in total. The Balaban J connectivity index is 2.25. The molecule has 1 aromatic heterocycles. The molecule has 0 bridgehead atoms. The van der Waals surface area contributed by atoms with Crippen LogP contribution in [-0.4, -0.2) is 18.1 Å². The molecule has 1 unspecified atom stereocenters. The smallest absolute Gasteiger partial charge is 0.0979 e. The number of rotatable bonds is 4. The Labute approximate surface area is 105 Å². The average Bonchev–Trinajstić information content (AvgIpc) is 2.68. The van der Waals surface area contributed by atoms with Gasteiger partial charge in [-0.1, -0.05) is 25.4 Å². The Bertz CT molecular complexity index is 481. The number of halogens is 1. The molecular formula is C12H15ClN2S. The van der Waals surface area contributed by atoms with Crippen LogP contribution in [0.25, 0.3) is 10.2 Å². The van der Waals surface area contributed by atoms with Gasteiger partial charge in [-0.3, -0.25) is 0 Å². The van der Waals surface area contributed by atoms with Gasteiger partial charge in [0.15, 0.2) is 0 Å². The summed E-state index contributed by atoms with van der Waals surface area (Å²) >= 11 is 7.70. The van der Waals surface area contributed by atoms with E-state index in [2.05, 4.69) is 24.1 Å². The summed E-state index contributed by atoms with van der Waals surface area (Å²) < 4.78 is 1.21. The van der Waals surface area contributed by atoms with Gasteiger partial charge in [0.2, 0.25) is 0 Å². The minimum Gasteiger partial charge on any atom is -0.316 e. The molecule has 1 heterocycles. The maximum Gasteiger partial charge on any atom is 0.0979 e. The minimum atomic E-state index is 0.455. The van der Waals surface area contributed by atoms with E-state index in [4.69, 9.17) is 11.6 Å². The Morgan fingerprint density at radius 3 is 3.06 bits per heavy atom. The summed E-state index contributed by atoms with van der Waals surface area (Å²) in [4.78, 5) is 4.62. The molecule has 0 fully saturated rings. The van der Waals surface area contributed by atoms with Crippen molar-refractivity contribution in [3.63, 3.8) is 0 Å². The number of benzene rings is 1. The van der Waals surface area contributed by atoms with Crippen molar-refractivity contribution < 1.29 is 0 Å². The number of hydrogen-bond acceptors (Lipinski definition) is 3. The van der Waals surface area contributed by atoms with Crippen LogP contribution in [0.4, 0.5) is 0 Å². The molecule has 0 aliphatic carbocycles. The van der Waals surface area contributed by atoms with E-state index < -0.39 is 0 Å². The predicted octanol–water partition coefficient (Wildman–Crippen LogP) is 3.66. The van der Waals surface area contributed by atoms with Crippen molar-refractivity contribution in [2.24, 2.45) is 0 Å². The van der Waals surface area contributed by atoms with Crippen molar-refractivity contribution in [1.29, 1.82) is 0 Å². The Morgan fingerprint density at radius 1 is 1.50 bits per heavy atom. The molecule has 0 spiro atoms. The third-order valence-electron chi connectivity index (χ3n) is 2.49. The van der Waals surface area contributed by atoms with E-state index in [0.717, 1.165) is 23.6 Å². The zero-order chi connectivity index (χ0) is 11.5. The Morgan fingerprint density at radius 2 is 2.31 bits per heavy atom. The molecule has 0 aliphatic heterocycles. The zero-order valence-electron chi connectivity index (χ0n) is 9.46. The lowest BCUT2D eigenvalue weighted by atomic mass is 10.2. The average molecular weight is 255 g/mol. The minimum absolute atomic E-state index is 0.455. The summed E-state index contributed by atoms with van der Waals surface area (Å²) in [6.07, 6.45) is 0. The van der Waals surface area contributed by atoms with Crippen LogP contribution in [0.1, 0.15) is 24.8 Å². The van der Waals surface area contributed by atoms with E-state index in [-0.39, 0.29) is 0 Å². The van der Waals surface area contributed by atoms with E-state index in [1.807, 2.05) is 18.2 Å². The van der Waals surface area contributed by atoms with Gasteiger partial charge >= 0.3 is 0 Å². The predicted molar refractivity (Wildman–Crippen MR) is 71.6 cm³/mol. The molecule has 0 saturated carbocycles. The Hall–Kier alpha value is -0.640. The fraction of sp³-hybridized carbons (Fsp3) is 0.417. The van der Waals surface area contributed by atoms with E-state index >= 15 is 0 Å². The van der Waals surface area contributed by atoms with Crippen LogP contribution < -0.4 is 5.32 Å². The summed E-state index contributed by atoms with van der Waals surface area (Å²) in [6, 6.07) is 5.89. The maximum atomic E-state index is 5.94. The van der Waals surface area contributed by atoms with E-state index in [1.54, 1.807) is 11.3 Å². The molecule has 1 aromatic carbocycles. The lowest BCUT2D eigenvalue weighted by molar-refractivity contribution is 0.633. The molecule has 2 nitrogen and oxygen atoms in total. The summed E-state index contributed by atoms with van der Waals surface area (Å²) in [6.45, 7) is 6.29. The van der Waals surface area contributed by atoms with Gasteiger partial charge < -0.3 is 5.32 Å². The second-order valence-corrected chi connectivity index (χ2v) is 5.37. The van der Waals surface area contributed by atoms with Crippen LogP contribution in [0.3, 0.4) is 0 Å². The first kappa shape index (κ1) is 11.8. The van der Waals surface area contributed by atoms with Gasteiger partial charge in [0.25, 0.3) is 0 Å². The normalized spacial score (nSPS) is 13.2.